The molecule has 0 aliphatic rings. The van der Waals surface area contributed by atoms with Crippen molar-refractivity contribution in [2.24, 2.45) is 0 Å². The molecule has 0 aliphatic carbocycles. The Hall–Kier alpha value is -0.710. The number of nitrogens with one attached hydrogen (secondary N) is 1. The molecule has 19 heavy (non-hydrogen) atoms. The molecule has 2 aromatic rings. The average molecular weight is 339 g/mol. The lowest BCUT2D eigenvalue weighted by molar-refractivity contribution is 0.548. The molecule has 0 saturated heterocycles. The van der Waals surface area contributed by atoms with Crippen molar-refractivity contribution in [3.05, 3.63) is 49.9 Å². The summed E-state index contributed by atoms with van der Waals surface area (Å²) in [7, 11) is 0. The van der Waals surface area contributed by atoms with E-state index in [1.165, 1.54) is 14.9 Å². The quantitative estimate of drug-likeness (QED) is 0.872. The van der Waals surface area contributed by atoms with Crippen LogP contribution in [-0.4, -0.2) is 11.5 Å². The maximum atomic E-state index is 4.58. The summed E-state index contributed by atoms with van der Waals surface area (Å²) in [5, 5.41) is 5.71. The maximum absolute atomic E-state index is 4.58. The van der Waals surface area contributed by atoms with Gasteiger partial charge in [-0.15, -0.1) is 11.3 Å². The zero-order valence-electron chi connectivity index (χ0n) is 11.5. The van der Waals surface area contributed by atoms with Gasteiger partial charge in [0, 0.05) is 38.6 Å². The lowest BCUT2D eigenvalue weighted by atomic mass is 10.0. The highest BCUT2D eigenvalue weighted by Crippen LogP contribution is 2.26. The molecule has 0 aromatic carbocycles. The van der Waals surface area contributed by atoms with Gasteiger partial charge in [-0.25, -0.2) is 0 Å². The van der Waals surface area contributed by atoms with Crippen molar-refractivity contribution < 1.29 is 0 Å². The number of hydrogen-bond acceptors (Lipinski definition) is 3. The Morgan fingerprint density at radius 3 is 2.74 bits per heavy atom. The molecule has 0 saturated carbocycles. The molecular formula is C15H19BrN2S. The van der Waals surface area contributed by atoms with Crippen LogP contribution < -0.4 is 5.32 Å². The predicted molar refractivity (Wildman–Crippen MR) is 85.9 cm³/mol. The fraction of sp³-hybridized carbons (Fsp3) is 0.400. The van der Waals surface area contributed by atoms with Crippen LogP contribution >= 0.6 is 27.3 Å². The van der Waals surface area contributed by atoms with Crippen molar-refractivity contribution in [3.63, 3.8) is 0 Å². The molecule has 4 heteroatoms. The SMILES string of the molecule is CCNC(Cc1cc(Br)cs1)c1ccc(C)nc1C. The van der Waals surface area contributed by atoms with Gasteiger partial charge in [0.25, 0.3) is 0 Å². The van der Waals surface area contributed by atoms with Gasteiger partial charge >= 0.3 is 0 Å². The summed E-state index contributed by atoms with van der Waals surface area (Å²) in [6.45, 7) is 7.24. The van der Waals surface area contributed by atoms with E-state index >= 15 is 0 Å². The summed E-state index contributed by atoms with van der Waals surface area (Å²) in [5.41, 5.74) is 3.51. The van der Waals surface area contributed by atoms with Gasteiger partial charge in [0.15, 0.2) is 0 Å². The minimum absolute atomic E-state index is 0.337. The second-order valence-electron chi connectivity index (χ2n) is 4.67. The van der Waals surface area contributed by atoms with Crippen LogP contribution in [0.15, 0.2) is 28.1 Å². The number of likely N-dealkylation sites (N-methyl/N-ethyl adjacent to an activating group) is 1. The number of thiophene rings is 1. The molecule has 1 N–H and O–H groups in total. The summed E-state index contributed by atoms with van der Waals surface area (Å²) in [6, 6.07) is 6.83. The van der Waals surface area contributed by atoms with Crippen LogP contribution in [-0.2, 0) is 6.42 Å². The third kappa shape index (κ3) is 3.88. The van der Waals surface area contributed by atoms with Crippen LogP contribution in [0, 0.1) is 13.8 Å². The Morgan fingerprint density at radius 1 is 1.37 bits per heavy atom. The lowest BCUT2D eigenvalue weighted by Gasteiger charge is -2.19. The Kier molecular flexibility index (Phi) is 5.13. The van der Waals surface area contributed by atoms with E-state index in [0.29, 0.717) is 6.04 Å². The van der Waals surface area contributed by atoms with E-state index in [9.17, 15) is 0 Å². The van der Waals surface area contributed by atoms with Gasteiger partial charge in [0.05, 0.1) is 0 Å². The van der Waals surface area contributed by atoms with Crippen LogP contribution in [0.2, 0.25) is 0 Å². The highest BCUT2D eigenvalue weighted by molar-refractivity contribution is 9.10. The van der Waals surface area contributed by atoms with Gasteiger partial charge in [-0.1, -0.05) is 13.0 Å². The smallest absolute Gasteiger partial charge is 0.0423 e. The molecule has 102 valence electrons. The molecule has 2 nitrogen and oxygen atoms in total. The standard InChI is InChI=1S/C15H19BrN2S/c1-4-17-15(8-13-7-12(16)9-19-13)14-6-5-10(2)18-11(14)3/h5-7,9,15,17H,4,8H2,1-3H3. The van der Waals surface area contributed by atoms with Crippen LogP contribution in [0.3, 0.4) is 0 Å². The summed E-state index contributed by atoms with van der Waals surface area (Å²) in [4.78, 5) is 5.96. The van der Waals surface area contributed by atoms with Crippen molar-refractivity contribution >= 4 is 27.3 Å². The van der Waals surface area contributed by atoms with Crippen molar-refractivity contribution in [1.29, 1.82) is 0 Å². The molecule has 0 spiro atoms. The first-order valence-electron chi connectivity index (χ1n) is 6.50. The van der Waals surface area contributed by atoms with Crippen molar-refractivity contribution in [1.82, 2.24) is 10.3 Å². The van der Waals surface area contributed by atoms with E-state index in [2.05, 4.69) is 63.7 Å². The van der Waals surface area contributed by atoms with Crippen LogP contribution in [0.5, 0.6) is 0 Å². The number of nitrogens with zero attached hydrogens (tertiary/aromatic N) is 1. The Balaban J connectivity index is 2.23. The molecule has 2 rings (SSSR count). The third-order valence-electron chi connectivity index (χ3n) is 3.12. The number of pyridine rings is 1. The van der Waals surface area contributed by atoms with Gasteiger partial charge in [0.1, 0.15) is 0 Å². The van der Waals surface area contributed by atoms with E-state index in [4.69, 9.17) is 0 Å². The van der Waals surface area contributed by atoms with Crippen LogP contribution in [0.4, 0.5) is 0 Å². The number of hydrogen-bond donors (Lipinski definition) is 1. The zero-order valence-corrected chi connectivity index (χ0v) is 13.9. The molecule has 0 radical (unpaired) electrons. The zero-order chi connectivity index (χ0) is 13.8. The molecule has 0 amide bonds. The molecule has 0 bridgehead atoms. The van der Waals surface area contributed by atoms with Gasteiger partial charge in [-0.05, 0) is 54.0 Å². The van der Waals surface area contributed by atoms with E-state index < -0.39 is 0 Å². The lowest BCUT2D eigenvalue weighted by Crippen LogP contribution is -2.23. The number of aryl methyl sites for hydroxylation is 2. The highest BCUT2D eigenvalue weighted by Gasteiger charge is 2.15. The first kappa shape index (κ1) is 14.7. The van der Waals surface area contributed by atoms with Gasteiger partial charge < -0.3 is 5.32 Å². The first-order chi connectivity index (χ1) is 9.10. The van der Waals surface area contributed by atoms with E-state index in [1.807, 2.05) is 6.92 Å². The Labute approximate surface area is 127 Å². The van der Waals surface area contributed by atoms with E-state index in [-0.39, 0.29) is 0 Å². The molecule has 0 aliphatic heterocycles. The summed E-state index contributed by atoms with van der Waals surface area (Å²) in [6.07, 6.45) is 1.01. The summed E-state index contributed by atoms with van der Waals surface area (Å²) >= 11 is 5.32. The summed E-state index contributed by atoms with van der Waals surface area (Å²) < 4.78 is 1.17. The minimum Gasteiger partial charge on any atom is -0.310 e. The first-order valence-corrected chi connectivity index (χ1v) is 8.18. The molecule has 2 aromatic heterocycles. The number of rotatable bonds is 5. The Morgan fingerprint density at radius 2 is 2.16 bits per heavy atom. The average Bonchev–Trinajstić information content (AvgIpc) is 2.74. The van der Waals surface area contributed by atoms with E-state index in [1.54, 1.807) is 11.3 Å². The highest BCUT2D eigenvalue weighted by atomic mass is 79.9. The van der Waals surface area contributed by atoms with Gasteiger partial charge in [0.2, 0.25) is 0 Å². The monoisotopic (exact) mass is 338 g/mol. The van der Waals surface area contributed by atoms with Crippen molar-refractivity contribution in [2.45, 2.75) is 33.2 Å². The molecule has 2 heterocycles. The number of aromatic nitrogens is 1. The molecule has 1 atom stereocenters. The van der Waals surface area contributed by atoms with Gasteiger partial charge in [-0.2, -0.15) is 0 Å². The van der Waals surface area contributed by atoms with E-state index in [0.717, 1.165) is 24.4 Å². The largest absolute Gasteiger partial charge is 0.310 e. The number of halogens is 1. The Bertz CT molecular complexity index is 551. The minimum atomic E-state index is 0.337. The van der Waals surface area contributed by atoms with Crippen LogP contribution in [0.1, 0.15) is 34.8 Å². The second kappa shape index (κ2) is 6.64. The van der Waals surface area contributed by atoms with Gasteiger partial charge in [-0.3, -0.25) is 4.98 Å². The van der Waals surface area contributed by atoms with Crippen LogP contribution in [0.25, 0.3) is 0 Å². The molecule has 1 unspecified atom stereocenters. The third-order valence-corrected chi connectivity index (χ3v) is 4.84. The molecule has 0 fully saturated rings. The molecular weight excluding hydrogens is 320 g/mol. The van der Waals surface area contributed by atoms with Crippen molar-refractivity contribution in [2.75, 3.05) is 6.54 Å². The second-order valence-corrected chi connectivity index (χ2v) is 6.58. The maximum Gasteiger partial charge on any atom is 0.0423 e. The predicted octanol–water partition coefficient (Wildman–Crippen LogP) is 4.42. The normalized spacial score (nSPS) is 12.6. The fourth-order valence-electron chi connectivity index (χ4n) is 2.27. The fourth-order valence-corrected chi connectivity index (χ4v) is 3.76. The summed E-state index contributed by atoms with van der Waals surface area (Å²) in [5.74, 6) is 0. The topological polar surface area (TPSA) is 24.9 Å². The van der Waals surface area contributed by atoms with Crippen molar-refractivity contribution in [3.8, 4) is 0 Å².